The van der Waals surface area contributed by atoms with Gasteiger partial charge in [-0.2, -0.15) is 0 Å². The number of nitrogens with zero attached hydrogens (tertiary/aromatic N) is 1. The smallest absolute Gasteiger partial charge is 0.143 e. The lowest BCUT2D eigenvalue weighted by atomic mass is 9.93. The fourth-order valence-corrected chi connectivity index (χ4v) is 11.3. The Morgan fingerprint density at radius 2 is 0.746 bits per heavy atom. The van der Waals surface area contributed by atoms with Gasteiger partial charge in [0.1, 0.15) is 22.3 Å². The van der Waals surface area contributed by atoms with Gasteiger partial charge in [0.15, 0.2) is 0 Å². The summed E-state index contributed by atoms with van der Waals surface area (Å²) in [5.41, 5.74) is 21.5. The summed E-state index contributed by atoms with van der Waals surface area (Å²) < 4.78 is 15.5. The number of aromatic nitrogens is 1. The summed E-state index contributed by atoms with van der Waals surface area (Å²) in [6, 6.07) is 81.5. The standard InChI is InChI=1S/C64H37NO2/c1-2-11-38(12-3-1)45-16-8-20-53-54-21-9-17-46(64(54)67-63(45)53)39-23-28-43(29-24-39)65-58-32-25-40(41-27-34-61-57(36-41)49-15-6-7-22-60(49)66-61)35-55(58)56-37-42(26-33-59(56)65)44-30-31-52-48-14-5-4-13-47(48)51-19-10-18-50(44)62(51)52/h1-37H. The molecule has 3 heterocycles. The van der Waals surface area contributed by atoms with Crippen molar-refractivity contribution in [3.63, 3.8) is 0 Å². The number of benzene rings is 11. The predicted octanol–water partition coefficient (Wildman–Crippen LogP) is 18.1. The van der Waals surface area contributed by atoms with Gasteiger partial charge in [0.25, 0.3) is 0 Å². The van der Waals surface area contributed by atoms with Crippen LogP contribution in [0.3, 0.4) is 0 Å². The first-order chi connectivity index (χ1) is 33.2. The van der Waals surface area contributed by atoms with E-state index in [1.807, 2.05) is 12.1 Å². The molecular weight excluding hydrogens is 815 g/mol. The average Bonchev–Trinajstić information content (AvgIpc) is 4.15. The van der Waals surface area contributed by atoms with Crippen LogP contribution in [0.15, 0.2) is 233 Å². The molecule has 0 fully saturated rings. The largest absolute Gasteiger partial charge is 0.456 e. The van der Waals surface area contributed by atoms with Crippen molar-refractivity contribution in [2.75, 3.05) is 0 Å². The van der Waals surface area contributed by atoms with E-state index < -0.39 is 0 Å². The first-order valence-corrected chi connectivity index (χ1v) is 23.0. The van der Waals surface area contributed by atoms with E-state index >= 15 is 0 Å². The van der Waals surface area contributed by atoms with E-state index in [2.05, 4.69) is 217 Å². The van der Waals surface area contributed by atoms with Crippen LogP contribution in [-0.2, 0) is 0 Å². The topological polar surface area (TPSA) is 31.2 Å². The fraction of sp³-hybridized carbons (Fsp3) is 0. The van der Waals surface area contributed by atoms with E-state index in [0.717, 1.165) is 94.0 Å². The molecule has 1 aliphatic rings. The van der Waals surface area contributed by atoms with Crippen LogP contribution in [0.2, 0.25) is 0 Å². The van der Waals surface area contributed by atoms with E-state index in [-0.39, 0.29) is 0 Å². The van der Waals surface area contributed by atoms with Gasteiger partial charge in [-0.25, -0.2) is 0 Å². The lowest BCUT2D eigenvalue weighted by molar-refractivity contribution is 0.669. The summed E-state index contributed by atoms with van der Waals surface area (Å²) in [6.07, 6.45) is 0. The lowest BCUT2D eigenvalue weighted by Crippen LogP contribution is -1.94. The highest BCUT2D eigenvalue weighted by Crippen LogP contribution is 2.50. The molecule has 0 spiro atoms. The fourth-order valence-electron chi connectivity index (χ4n) is 11.3. The Morgan fingerprint density at radius 1 is 0.254 bits per heavy atom. The summed E-state index contributed by atoms with van der Waals surface area (Å²) in [7, 11) is 0. The van der Waals surface area contributed by atoms with Crippen LogP contribution in [-0.4, -0.2) is 4.57 Å². The van der Waals surface area contributed by atoms with Gasteiger partial charge in [-0.1, -0.05) is 170 Å². The number of fused-ring (bicyclic) bond motifs is 12. The van der Waals surface area contributed by atoms with Crippen LogP contribution in [0, 0.1) is 0 Å². The number of hydrogen-bond acceptors (Lipinski definition) is 2. The normalized spacial score (nSPS) is 12.2. The first-order valence-electron chi connectivity index (χ1n) is 23.0. The minimum Gasteiger partial charge on any atom is -0.456 e. The van der Waals surface area contributed by atoms with E-state index in [1.54, 1.807) is 0 Å². The van der Waals surface area contributed by atoms with Gasteiger partial charge in [-0.3, -0.25) is 0 Å². The highest BCUT2D eigenvalue weighted by atomic mass is 16.3. The first kappa shape index (κ1) is 36.4. The summed E-state index contributed by atoms with van der Waals surface area (Å²) in [6.45, 7) is 0. The van der Waals surface area contributed by atoms with Gasteiger partial charge in [0, 0.05) is 49.1 Å². The maximum atomic E-state index is 6.83. The highest BCUT2D eigenvalue weighted by molar-refractivity contribution is 6.20. The lowest BCUT2D eigenvalue weighted by Gasteiger charge is -2.12. The summed E-state index contributed by atoms with van der Waals surface area (Å²) in [5.74, 6) is 0. The van der Waals surface area contributed by atoms with Gasteiger partial charge >= 0.3 is 0 Å². The Balaban J connectivity index is 0.902. The number of rotatable bonds is 5. The van der Waals surface area contributed by atoms with E-state index in [4.69, 9.17) is 8.83 Å². The second-order valence-corrected chi connectivity index (χ2v) is 17.9. The van der Waals surface area contributed by atoms with Gasteiger partial charge in [-0.05, 0) is 121 Å². The maximum absolute atomic E-state index is 6.83. The zero-order valence-electron chi connectivity index (χ0n) is 36.1. The Kier molecular flexibility index (Phi) is 7.50. The van der Waals surface area contributed by atoms with Crippen molar-refractivity contribution in [3.05, 3.63) is 224 Å². The molecule has 1 aliphatic carbocycles. The van der Waals surface area contributed by atoms with Crippen LogP contribution in [0.1, 0.15) is 0 Å². The van der Waals surface area contributed by atoms with Gasteiger partial charge in [-0.15, -0.1) is 0 Å². The summed E-state index contributed by atoms with van der Waals surface area (Å²) in [4.78, 5) is 0. The Labute approximate surface area is 385 Å². The van der Waals surface area contributed by atoms with Crippen molar-refractivity contribution >= 4 is 76.5 Å². The van der Waals surface area contributed by atoms with Crippen molar-refractivity contribution in [2.24, 2.45) is 0 Å². The van der Waals surface area contributed by atoms with Crippen LogP contribution >= 0.6 is 0 Å². The highest BCUT2D eigenvalue weighted by Gasteiger charge is 2.23. The molecule has 0 saturated heterocycles. The molecule has 67 heavy (non-hydrogen) atoms. The molecule has 3 heteroatoms. The van der Waals surface area contributed by atoms with Crippen LogP contribution < -0.4 is 0 Å². The monoisotopic (exact) mass is 851 g/mol. The molecule has 0 atom stereocenters. The third-order valence-electron chi connectivity index (χ3n) is 14.4. The molecule has 0 radical (unpaired) electrons. The molecule has 310 valence electrons. The Bertz CT molecular complexity index is 4340. The molecule has 3 nitrogen and oxygen atoms in total. The van der Waals surface area contributed by atoms with E-state index in [1.165, 1.54) is 54.9 Å². The molecular formula is C64H37NO2. The molecule has 15 rings (SSSR count). The second kappa shape index (κ2) is 13.8. The van der Waals surface area contributed by atoms with E-state index in [0.29, 0.717) is 0 Å². The molecule has 3 aromatic heterocycles. The molecule has 0 aliphatic heterocycles. The van der Waals surface area contributed by atoms with Crippen LogP contribution in [0.4, 0.5) is 0 Å². The third-order valence-corrected chi connectivity index (χ3v) is 14.4. The number of furan rings is 2. The van der Waals surface area contributed by atoms with Gasteiger partial charge < -0.3 is 13.4 Å². The molecule has 0 amide bonds. The Morgan fingerprint density at radius 3 is 1.48 bits per heavy atom. The molecule has 11 aromatic carbocycles. The van der Waals surface area contributed by atoms with Crippen LogP contribution in [0.25, 0.3) is 149 Å². The molecule has 0 unspecified atom stereocenters. The zero-order valence-corrected chi connectivity index (χ0v) is 36.1. The Hall–Kier alpha value is -8.92. The zero-order chi connectivity index (χ0) is 43.7. The molecule has 0 bridgehead atoms. The maximum Gasteiger partial charge on any atom is 0.143 e. The van der Waals surface area contributed by atoms with Crippen molar-refractivity contribution in [1.82, 2.24) is 4.57 Å². The van der Waals surface area contributed by atoms with Crippen molar-refractivity contribution in [1.29, 1.82) is 0 Å². The van der Waals surface area contributed by atoms with Crippen molar-refractivity contribution in [3.8, 4) is 72.4 Å². The average molecular weight is 852 g/mol. The minimum absolute atomic E-state index is 0.901. The molecule has 0 saturated carbocycles. The number of para-hydroxylation sites is 3. The SMILES string of the molecule is c1ccc(-c2cccc3c2oc2c(-c4ccc(-n5c6ccc(-c7ccc8oc9ccccc9c8c7)cc6c6cc(-c7ccc8c9c(cccc79)-c7ccccc7-8)ccc65)cc4)cccc23)cc1. The predicted molar refractivity (Wildman–Crippen MR) is 279 cm³/mol. The van der Waals surface area contributed by atoms with E-state index in [9.17, 15) is 0 Å². The van der Waals surface area contributed by atoms with Gasteiger partial charge in [0.2, 0.25) is 0 Å². The van der Waals surface area contributed by atoms with Crippen LogP contribution in [0.5, 0.6) is 0 Å². The second-order valence-electron chi connectivity index (χ2n) is 17.9. The minimum atomic E-state index is 0.901. The third kappa shape index (κ3) is 5.28. The summed E-state index contributed by atoms with van der Waals surface area (Å²) in [5, 5.41) is 9.53. The summed E-state index contributed by atoms with van der Waals surface area (Å²) >= 11 is 0. The van der Waals surface area contributed by atoms with Crippen molar-refractivity contribution < 1.29 is 8.83 Å². The number of hydrogen-bond donors (Lipinski definition) is 0. The van der Waals surface area contributed by atoms with Crippen molar-refractivity contribution in [2.45, 2.75) is 0 Å². The van der Waals surface area contributed by atoms with Gasteiger partial charge in [0.05, 0.1) is 11.0 Å². The quantitative estimate of drug-likeness (QED) is 0.173. The molecule has 0 N–H and O–H groups in total. The molecule has 14 aromatic rings.